The van der Waals surface area contributed by atoms with Gasteiger partial charge >= 0.3 is 0 Å². The van der Waals surface area contributed by atoms with Crippen LogP contribution in [0.3, 0.4) is 0 Å². The number of rotatable bonds is 3. The van der Waals surface area contributed by atoms with E-state index in [0.29, 0.717) is 13.1 Å². The summed E-state index contributed by atoms with van der Waals surface area (Å²) in [4.78, 5) is 13.4. The van der Waals surface area contributed by atoms with Crippen molar-refractivity contribution in [3.05, 3.63) is 35.4 Å². The molecule has 1 atom stereocenters. The lowest BCUT2D eigenvalue weighted by Crippen LogP contribution is -2.33. The lowest BCUT2D eigenvalue weighted by atomic mass is 10.1. The van der Waals surface area contributed by atoms with Crippen molar-refractivity contribution >= 4 is 17.5 Å². The molecule has 1 N–H and O–H groups in total. The van der Waals surface area contributed by atoms with E-state index in [1.807, 2.05) is 24.3 Å². The standard InChI is InChI=1S/C11H12ClNO2/c12-5-9(14)7-13-6-8-3-1-2-4-10(8)11(13)15/h1-4,9,14H,5-7H2. The van der Waals surface area contributed by atoms with Crippen molar-refractivity contribution in [1.29, 1.82) is 0 Å². The molecular weight excluding hydrogens is 214 g/mol. The minimum absolute atomic E-state index is 0.0187. The molecule has 1 amide bonds. The minimum Gasteiger partial charge on any atom is -0.390 e. The van der Waals surface area contributed by atoms with Crippen LogP contribution in [-0.2, 0) is 6.54 Å². The molecule has 15 heavy (non-hydrogen) atoms. The van der Waals surface area contributed by atoms with Gasteiger partial charge in [0.05, 0.1) is 12.0 Å². The Hall–Kier alpha value is -1.06. The second-order valence-corrected chi connectivity index (χ2v) is 3.96. The SMILES string of the molecule is O=C1c2ccccc2CN1CC(O)CCl. The summed E-state index contributed by atoms with van der Waals surface area (Å²) in [5, 5.41) is 9.39. The Kier molecular flexibility index (Phi) is 2.93. The first-order valence-corrected chi connectivity index (χ1v) is 5.37. The first-order valence-electron chi connectivity index (χ1n) is 4.83. The quantitative estimate of drug-likeness (QED) is 0.787. The van der Waals surface area contributed by atoms with E-state index in [4.69, 9.17) is 11.6 Å². The zero-order valence-corrected chi connectivity index (χ0v) is 8.94. The Morgan fingerprint density at radius 3 is 2.87 bits per heavy atom. The summed E-state index contributed by atoms with van der Waals surface area (Å²) in [5.41, 5.74) is 1.75. The van der Waals surface area contributed by atoms with E-state index in [1.165, 1.54) is 0 Å². The smallest absolute Gasteiger partial charge is 0.254 e. The largest absolute Gasteiger partial charge is 0.390 e. The van der Waals surface area contributed by atoms with E-state index in [9.17, 15) is 9.90 Å². The van der Waals surface area contributed by atoms with Crippen molar-refractivity contribution in [1.82, 2.24) is 4.90 Å². The van der Waals surface area contributed by atoms with Crippen molar-refractivity contribution in [3.63, 3.8) is 0 Å². The van der Waals surface area contributed by atoms with Crippen LogP contribution in [0.25, 0.3) is 0 Å². The predicted molar refractivity (Wildman–Crippen MR) is 57.9 cm³/mol. The van der Waals surface area contributed by atoms with Gasteiger partial charge < -0.3 is 10.0 Å². The highest BCUT2D eigenvalue weighted by molar-refractivity contribution is 6.18. The van der Waals surface area contributed by atoms with Crippen molar-refractivity contribution in [3.8, 4) is 0 Å². The Bertz CT molecular complexity index is 381. The molecule has 1 aliphatic heterocycles. The maximum absolute atomic E-state index is 11.8. The number of halogens is 1. The predicted octanol–water partition coefficient (Wildman–Crippen LogP) is 1.24. The van der Waals surface area contributed by atoms with Crippen LogP contribution in [-0.4, -0.2) is 34.4 Å². The highest BCUT2D eigenvalue weighted by atomic mass is 35.5. The van der Waals surface area contributed by atoms with Gasteiger partial charge in [0.25, 0.3) is 5.91 Å². The number of hydrogen-bond acceptors (Lipinski definition) is 2. The van der Waals surface area contributed by atoms with Crippen LogP contribution in [0.2, 0.25) is 0 Å². The number of β-amino-alcohol motifs (C(OH)–C–C–N with tert-alkyl or cyclic N) is 1. The molecule has 3 nitrogen and oxygen atoms in total. The number of benzene rings is 1. The summed E-state index contributed by atoms with van der Waals surface area (Å²) < 4.78 is 0. The molecule has 0 aliphatic carbocycles. The maximum atomic E-state index is 11.8. The van der Waals surface area contributed by atoms with Crippen LogP contribution in [0.4, 0.5) is 0 Å². The van der Waals surface area contributed by atoms with Gasteiger partial charge in [-0.15, -0.1) is 11.6 Å². The topological polar surface area (TPSA) is 40.5 Å². The molecule has 0 spiro atoms. The van der Waals surface area contributed by atoms with Crippen LogP contribution in [0, 0.1) is 0 Å². The second kappa shape index (κ2) is 4.21. The molecule has 0 radical (unpaired) electrons. The third-order valence-corrected chi connectivity index (χ3v) is 2.86. The average molecular weight is 226 g/mol. The summed E-state index contributed by atoms with van der Waals surface area (Å²) >= 11 is 5.50. The van der Waals surface area contributed by atoms with Crippen LogP contribution in [0.15, 0.2) is 24.3 Å². The number of carbonyl (C=O) groups excluding carboxylic acids is 1. The zero-order valence-electron chi connectivity index (χ0n) is 8.19. The molecule has 0 saturated heterocycles. The first-order chi connectivity index (χ1) is 7.22. The van der Waals surface area contributed by atoms with E-state index in [1.54, 1.807) is 4.90 Å². The molecule has 4 heteroatoms. The van der Waals surface area contributed by atoms with E-state index in [2.05, 4.69) is 0 Å². The molecular formula is C11H12ClNO2. The Balaban J connectivity index is 2.13. The maximum Gasteiger partial charge on any atom is 0.254 e. The van der Waals surface area contributed by atoms with Crippen LogP contribution >= 0.6 is 11.6 Å². The molecule has 80 valence electrons. The molecule has 1 aliphatic rings. The fraction of sp³-hybridized carbons (Fsp3) is 0.364. The normalized spacial score (nSPS) is 16.7. The summed E-state index contributed by atoms with van der Waals surface area (Å²) in [6.07, 6.45) is -0.648. The molecule has 0 bridgehead atoms. The number of carbonyl (C=O) groups is 1. The summed E-state index contributed by atoms with van der Waals surface area (Å²) in [6, 6.07) is 7.50. The van der Waals surface area contributed by atoms with Gasteiger partial charge in [-0.3, -0.25) is 4.79 Å². The molecule has 0 saturated carbocycles. The van der Waals surface area contributed by atoms with Crippen molar-refractivity contribution in [2.24, 2.45) is 0 Å². The van der Waals surface area contributed by atoms with Gasteiger partial charge in [0.1, 0.15) is 0 Å². The molecule has 1 aromatic rings. The number of nitrogens with zero attached hydrogens (tertiary/aromatic N) is 1. The summed E-state index contributed by atoms with van der Waals surface area (Å²) in [5.74, 6) is 0.134. The fourth-order valence-corrected chi connectivity index (χ4v) is 1.86. The lowest BCUT2D eigenvalue weighted by molar-refractivity contribution is 0.0676. The molecule has 1 heterocycles. The third kappa shape index (κ3) is 1.98. The molecule has 2 rings (SSSR count). The van der Waals surface area contributed by atoms with Crippen LogP contribution in [0.1, 0.15) is 15.9 Å². The van der Waals surface area contributed by atoms with Crippen molar-refractivity contribution < 1.29 is 9.90 Å². The molecule has 0 fully saturated rings. The number of amides is 1. The van der Waals surface area contributed by atoms with Gasteiger partial charge in [-0.1, -0.05) is 18.2 Å². The Labute approximate surface area is 93.3 Å². The summed E-state index contributed by atoms with van der Waals surface area (Å²) in [7, 11) is 0. The monoisotopic (exact) mass is 225 g/mol. The number of aliphatic hydroxyl groups excluding tert-OH is 1. The highest BCUT2D eigenvalue weighted by Crippen LogP contribution is 2.22. The molecule has 1 unspecified atom stereocenters. The third-order valence-electron chi connectivity index (χ3n) is 2.51. The van der Waals surface area contributed by atoms with Crippen LogP contribution in [0.5, 0.6) is 0 Å². The highest BCUT2D eigenvalue weighted by Gasteiger charge is 2.27. The van der Waals surface area contributed by atoms with Gasteiger partial charge in [0.2, 0.25) is 0 Å². The average Bonchev–Trinajstić information content (AvgIpc) is 2.57. The number of hydrogen-bond donors (Lipinski definition) is 1. The lowest BCUT2D eigenvalue weighted by Gasteiger charge is -2.18. The number of aliphatic hydroxyl groups is 1. The van der Waals surface area contributed by atoms with Gasteiger partial charge in [0.15, 0.2) is 0 Å². The van der Waals surface area contributed by atoms with Gasteiger partial charge in [-0.2, -0.15) is 0 Å². The van der Waals surface area contributed by atoms with Crippen LogP contribution < -0.4 is 0 Å². The Morgan fingerprint density at radius 2 is 2.20 bits per heavy atom. The van der Waals surface area contributed by atoms with Crippen molar-refractivity contribution in [2.75, 3.05) is 12.4 Å². The zero-order chi connectivity index (χ0) is 10.8. The van der Waals surface area contributed by atoms with E-state index in [-0.39, 0.29) is 11.8 Å². The molecule has 0 aromatic heterocycles. The van der Waals surface area contributed by atoms with Gasteiger partial charge in [0, 0.05) is 18.7 Å². The van der Waals surface area contributed by atoms with E-state index in [0.717, 1.165) is 11.1 Å². The van der Waals surface area contributed by atoms with Gasteiger partial charge in [-0.25, -0.2) is 0 Å². The van der Waals surface area contributed by atoms with Gasteiger partial charge in [-0.05, 0) is 11.6 Å². The minimum atomic E-state index is -0.648. The second-order valence-electron chi connectivity index (χ2n) is 3.65. The fourth-order valence-electron chi connectivity index (χ4n) is 1.77. The first kappa shape index (κ1) is 10.5. The number of alkyl halides is 1. The van der Waals surface area contributed by atoms with E-state index >= 15 is 0 Å². The van der Waals surface area contributed by atoms with Crippen molar-refractivity contribution in [2.45, 2.75) is 12.6 Å². The summed E-state index contributed by atoms with van der Waals surface area (Å²) in [6.45, 7) is 0.875. The van der Waals surface area contributed by atoms with E-state index < -0.39 is 6.10 Å². The number of fused-ring (bicyclic) bond motifs is 1. The molecule has 1 aromatic carbocycles. The Morgan fingerprint density at radius 1 is 1.47 bits per heavy atom.